The molecule has 0 aliphatic heterocycles. The highest BCUT2D eigenvalue weighted by Gasteiger charge is 2.16. The molecule has 2 N–H and O–H groups in total. The summed E-state index contributed by atoms with van der Waals surface area (Å²) in [6.07, 6.45) is 2.73. The molecule has 0 atom stereocenters. The van der Waals surface area contributed by atoms with E-state index in [1.54, 1.807) is 0 Å². The fraction of sp³-hybridized carbons (Fsp3) is 0.143. The molecule has 0 bridgehead atoms. The molecule has 0 saturated carbocycles. The molecule has 1 aliphatic carbocycles. The van der Waals surface area contributed by atoms with Crippen LogP contribution in [0.2, 0.25) is 0 Å². The molecule has 1 aliphatic rings. The van der Waals surface area contributed by atoms with E-state index in [-0.39, 0.29) is 23.8 Å². The fourth-order valence-corrected chi connectivity index (χ4v) is 1.73. The Hall–Kier alpha value is -2.36. The van der Waals surface area contributed by atoms with E-state index in [1.807, 2.05) is 30.3 Å². The van der Waals surface area contributed by atoms with Crippen molar-refractivity contribution in [2.24, 2.45) is 0 Å². The van der Waals surface area contributed by atoms with Crippen LogP contribution in [0.25, 0.3) is 0 Å². The van der Waals surface area contributed by atoms with Crippen molar-refractivity contribution in [1.29, 1.82) is 5.41 Å². The van der Waals surface area contributed by atoms with Crippen LogP contribution < -0.4 is 5.32 Å². The van der Waals surface area contributed by atoms with Gasteiger partial charge in [-0.05, 0) is 11.6 Å². The van der Waals surface area contributed by atoms with E-state index in [0.29, 0.717) is 12.1 Å². The first kappa shape index (κ1) is 12.1. The number of allylic oxidation sites excluding steroid dienone is 2. The number of nitrogens with one attached hydrogen (secondary N) is 2. The average molecular weight is 241 g/mol. The number of carbonyl (C=O) groups excluding carboxylic acids is 1. The second-order valence-electron chi connectivity index (χ2n) is 4.09. The van der Waals surface area contributed by atoms with Crippen LogP contribution in [0.4, 0.5) is 0 Å². The third-order valence-electron chi connectivity index (χ3n) is 2.60. The summed E-state index contributed by atoms with van der Waals surface area (Å²) in [5, 5.41) is 21.4. The lowest BCUT2D eigenvalue weighted by molar-refractivity contribution is -0.117. The van der Waals surface area contributed by atoms with E-state index in [1.165, 1.54) is 12.2 Å². The summed E-state index contributed by atoms with van der Waals surface area (Å²) in [5.74, 6) is -0.582. The van der Waals surface area contributed by atoms with E-state index in [9.17, 15) is 9.90 Å². The van der Waals surface area contributed by atoms with Crippen LogP contribution in [0.1, 0.15) is 12.0 Å². The molecule has 4 nitrogen and oxygen atoms in total. The number of carbonyl (C=O) groups is 1. The lowest BCUT2D eigenvalue weighted by atomic mass is 10.0. The first-order chi connectivity index (χ1) is 8.65. The molecule has 1 amide bonds. The zero-order chi connectivity index (χ0) is 13.0. The zero-order valence-corrected chi connectivity index (χ0v) is 9.77. The Kier molecular flexibility index (Phi) is 3.57. The van der Waals surface area contributed by atoms with Crippen LogP contribution in [0.3, 0.4) is 0 Å². The molecule has 0 spiro atoms. The van der Waals surface area contributed by atoms with Gasteiger partial charge in [-0.1, -0.05) is 30.3 Å². The minimum absolute atomic E-state index is 0.173. The summed E-state index contributed by atoms with van der Waals surface area (Å²) in [4.78, 5) is 11.8. The van der Waals surface area contributed by atoms with Crippen LogP contribution in [0, 0.1) is 5.41 Å². The van der Waals surface area contributed by atoms with Crippen molar-refractivity contribution in [2.75, 3.05) is 0 Å². The van der Waals surface area contributed by atoms with Crippen molar-refractivity contribution < 1.29 is 9.90 Å². The van der Waals surface area contributed by atoms with E-state index < -0.39 is 0 Å². The number of rotatable bonds is 3. The van der Waals surface area contributed by atoms with Gasteiger partial charge >= 0.3 is 0 Å². The fourth-order valence-electron chi connectivity index (χ4n) is 1.73. The molecular formula is C14H13N2O2. The molecule has 2 rings (SSSR count). The van der Waals surface area contributed by atoms with Crippen LogP contribution in [-0.4, -0.2) is 11.6 Å². The molecular weight excluding hydrogens is 228 g/mol. The van der Waals surface area contributed by atoms with Crippen molar-refractivity contribution in [2.45, 2.75) is 13.0 Å². The summed E-state index contributed by atoms with van der Waals surface area (Å²) in [6.45, 7) is 0.419. The number of hydrogen-bond acceptors (Lipinski definition) is 2. The quantitative estimate of drug-likeness (QED) is 0.834. The second kappa shape index (κ2) is 5.31. The number of amides is 1. The Morgan fingerprint density at radius 1 is 1.22 bits per heavy atom. The van der Waals surface area contributed by atoms with Gasteiger partial charge in [0.1, 0.15) is 0 Å². The molecule has 18 heavy (non-hydrogen) atoms. The predicted octanol–water partition coefficient (Wildman–Crippen LogP) is 1.97. The Morgan fingerprint density at radius 2 is 1.94 bits per heavy atom. The monoisotopic (exact) mass is 241 g/mol. The molecule has 0 saturated heterocycles. The molecule has 1 aromatic carbocycles. The van der Waals surface area contributed by atoms with Crippen molar-refractivity contribution in [1.82, 2.24) is 5.32 Å². The zero-order valence-electron chi connectivity index (χ0n) is 9.77. The minimum Gasteiger partial charge on any atom is -0.348 e. The van der Waals surface area contributed by atoms with Gasteiger partial charge in [0.05, 0.1) is 0 Å². The van der Waals surface area contributed by atoms with Gasteiger partial charge < -0.3 is 10.7 Å². The molecule has 0 fully saturated rings. The van der Waals surface area contributed by atoms with E-state index >= 15 is 0 Å². The van der Waals surface area contributed by atoms with Gasteiger partial charge in [-0.25, -0.2) is 0 Å². The van der Waals surface area contributed by atoms with Crippen molar-refractivity contribution >= 4 is 11.6 Å². The maximum atomic E-state index is 11.8. The van der Waals surface area contributed by atoms with E-state index in [2.05, 4.69) is 5.32 Å². The topological polar surface area (TPSA) is 72.8 Å². The van der Waals surface area contributed by atoms with E-state index in [0.717, 1.165) is 5.56 Å². The van der Waals surface area contributed by atoms with Gasteiger partial charge in [0.2, 0.25) is 5.91 Å². The lowest BCUT2D eigenvalue weighted by Gasteiger charge is -2.11. The third-order valence-corrected chi connectivity index (χ3v) is 2.60. The summed E-state index contributed by atoms with van der Waals surface area (Å²) >= 11 is 0. The summed E-state index contributed by atoms with van der Waals surface area (Å²) in [5.41, 5.74) is 1.52. The van der Waals surface area contributed by atoms with Crippen LogP contribution in [-0.2, 0) is 16.4 Å². The molecule has 1 radical (unpaired) electrons. The van der Waals surface area contributed by atoms with Gasteiger partial charge in [0, 0.05) is 30.3 Å². The third kappa shape index (κ3) is 3.07. The Balaban J connectivity index is 1.97. The SMILES string of the molecule is N=C1C=C([O])C=C(C(=O)NCc2ccccc2)C1. The highest BCUT2D eigenvalue weighted by Crippen LogP contribution is 2.14. The number of benzene rings is 1. The van der Waals surface area contributed by atoms with Gasteiger partial charge in [-0.15, -0.1) is 0 Å². The van der Waals surface area contributed by atoms with Crippen molar-refractivity contribution in [3.05, 3.63) is 59.4 Å². The standard InChI is InChI=1S/C14H13N2O2/c15-12-6-11(7-13(17)8-12)14(18)16-9-10-4-2-1-3-5-10/h1-5,7-8,15H,6,9H2,(H,16,18). The summed E-state index contributed by atoms with van der Waals surface area (Å²) < 4.78 is 0. The molecule has 0 aromatic heterocycles. The number of hydrogen-bond donors (Lipinski definition) is 2. The maximum Gasteiger partial charge on any atom is 0.248 e. The smallest absolute Gasteiger partial charge is 0.248 e. The van der Waals surface area contributed by atoms with Gasteiger partial charge in [0.25, 0.3) is 0 Å². The van der Waals surface area contributed by atoms with Gasteiger partial charge in [0.15, 0.2) is 5.76 Å². The molecule has 4 heteroatoms. The Morgan fingerprint density at radius 3 is 2.61 bits per heavy atom. The Bertz CT molecular complexity index is 530. The summed E-state index contributed by atoms with van der Waals surface area (Å²) in [6, 6.07) is 9.53. The van der Waals surface area contributed by atoms with E-state index in [4.69, 9.17) is 5.41 Å². The lowest BCUT2D eigenvalue weighted by Crippen LogP contribution is -2.26. The highest BCUT2D eigenvalue weighted by molar-refractivity contribution is 6.05. The average Bonchev–Trinajstić information content (AvgIpc) is 2.36. The first-order valence-electron chi connectivity index (χ1n) is 5.64. The van der Waals surface area contributed by atoms with Gasteiger partial charge in [-0.2, -0.15) is 0 Å². The Labute approximate surface area is 105 Å². The minimum atomic E-state index is -0.295. The molecule has 1 aromatic rings. The van der Waals surface area contributed by atoms with Crippen LogP contribution >= 0.6 is 0 Å². The predicted molar refractivity (Wildman–Crippen MR) is 67.5 cm³/mol. The first-order valence-corrected chi connectivity index (χ1v) is 5.64. The van der Waals surface area contributed by atoms with Crippen LogP contribution in [0.5, 0.6) is 0 Å². The summed E-state index contributed by atoms with van der Waals surface area (Å²) in [7, 11) is 0. The largest absolute Gasteiger partial charge is 0.348 e. The molecule has 0 unspecified atom stereocenters. The maximum absolute atomic E-state index is 11.8. The van der Waals surface area contributed by atoms with Gasteiger partial charge in [-0.3, -0.25) is 9.90 Å². The normalized spacial score (nSPS) is 14.8. The second-order valence-corrected chi connectivity index (χ2v) is 4.09. The molecule has 91 valence electrons. The van der Waals surface area contributed by atoms with Crippen molar-refractivity contribution in [3.63, 3.8) is 0 Å². The highest BCUT2D eigenvalue weighted by atomic mass is 16.3. The van der Waals surface area contributed by atoms with Crippen LogP contribution in [0.15, 0.2) is 53.8 Å². The molecule has 0 heterocycles. The van der Waals surface area contributed by atoms with Crippen molar-refractivity contribution in [3.8, 4) is 0 Å².